The van der Waals surface area contributed by atoms with Crippen LogP contribution in [0.3, 0.4) is 0 Å². The van der Waals surface area contributed by atoms with Gasteiger partial charge >= 0.3 is 0 Å². The minimum atomic E-state index is -0.232. The molecule has 0 fully saturated rings. The van der Waals surface area contributed by atoms with E-state index in [-0.39, 0.29) is 11.3 Å². The largest absolute Gasteiger partial charge is 0.507 e. The molecule has 0 aliphatic carbocycles. The molecule has 3 heteroatoms. The molecule has 0 amide bonds. The number of fused-ring (bicyclic) bond motifs is 1. The fourth-order valence-electron chi connectivity index (χ4n) is 1.55. The van der Waals surface area contributed by atoms with Crippen molar-refractivity contribution in [2.24, 2.45) is 0 Å². The Hall–Kier alpha value is -1.77. The van der Waals surface area contributed by atoms with Crippen molar-refractivity contribution in [3.05, 3.63) is 39.7 Å². The Kier molecular flexibility index (Phi) is 1.81. The molecule has 0 spiro atoms. The number of hydrogen-bond donors (Lipinski definition) is 2. The van der Waals surface area contributed by atoms with Gasteiger partial charge in [0.1, 0.15) is 5.75 Å². The number of aryl methyl sites for hydroxylation is 1. The molecule has 1 aromatic carbocycles. The highest BCUT2D eigenvalue weighted by Crippen LogP contribution is 2.25. The number of pyridine rings is 1. The van der Waals surface area contributed by atoms with Crippen molar-refractivity contribution in [1.29, 1.82) is 0 Å². The van der Waals surface area contributed by atoms with Gasteiger partial charge in [0.05, 0.1) is 11.1 Å². The fourth-order valence-corrected chi connectivity index (χ4v) is 1.55. The van der Waals surface area contributed by atoms with Crippen LogP contribution in [-0.2, 0) is 0 Å². The Bertz CT molecular complexity index is 555. The molecule has 0 aliphatic heterocycles. The standard InChI is InChI=1S/C11H11NO2/c1-6-4-3-5-8-9(6)12-11(14)7(2)10(8)13/h3-5H,1-2H3,(H2,12,13,14). The van der Waals surface area contributed by atoms with Gasteiger partial charge in [-0.15, -0.1) is 0 Å². The highest BCUT2D eigenvalue weighted by atomic mass is 16.3. The lowest BCUT2D eigenvalue weighted by Crippen LogP contribution is -2.09. The maximum Gasteiger partial charge on any atom is 0.255 e. The zero-order valence-electron chi connectivity index (χ0n) is 8.09. The summed E-state index contributed by atoms with van der Waals surface area (Å²) < 4.78 is 0. The van der Waals surface area contributed by atoms with E-state index in [0.717, 1.165) is 5.56 Å². The van der Waals surface area contributed by atoms with Crippen molar-refractivity contribution < 1.29 is 5.11 Å². The number of nitrogens with one attached hydrogen (secondary N) is 1. The summed E-state index contributed by atoms with van der Waals surface area (Å²) in [5, 5.41) is 10.4. The van der Waals surface area contributed by atoms with Crippen LogP contribution in [0.2, 0.25) is 0 Å². The maximum absolute atomic E-state index is 11.4. The molecule has 0 aliphatic rings. The molecule has 14 heavy (non-hydrogen) atoms. The SMILES string of the molecule is Cc1c(O)c2cccc(C)c2[nH]c1=O. The first-order valence-electron chi connectivity index (χ1n) is 4.42. The van der Waals surface area contributed by atoms with Gasteiger partial charge in [-0.3, -0.25) is 4.79 Å². The predicted octanol–water partition coefficient (Wildman–Crippen LogP) is 1.85. The first-order chi connectivity index (χ1) is 6.61. The van der Waals surface area contributed by atoms with Crippen molar-refractivity contribution in [3.8, 4) is 5.75 Å². The van der Waals surface area contributed by atoms with Crippen LogP contribution >= 0.6 is 0 Å². The summed E-state index contributed by atoms with van der Waals surface area (Å²) >= 11 is 0. The van der Waals surface area contributed by atoms with Gasteiger partial charge in [0, 0.05) is 5.39 Å². The fraction of sp³-hybridized carbons (Fsp3) is 0.182. The number of hydrogen-bond acceptors (Lipinski definition) is 2. The molecule has 0 radical (unpaired) electrons. The van der Waals surface area contributed by atoms with Crippen LogP contribution < -0.4 is 5.56 Å². The molecular weight excluding hydrogens is 178 g/mol. The summed E-state index contributed by atoms with van der Waals surface area (Å²) in [5.74, 6) is 0.0763. The van der Waals surface area contributed by atoms with E-state index in [1.807, 2.05) is 19.1 Å². The molecule has 3 nitrogen and oxygen atoms in total. The summed E-state index contributed by atoms with van der Waals surface area (Å²) in [6, 6.07) is 5.54. The number of rotatable bonds is 0. The minimum absolute atomic E-state index is 0.0763. The molecule has 2 N–H and O–H groups in total. The maximum atomic E-state index is 11.4. The summed E-state index contributed by atoms with van der Waals surface area (Å²) in [7, 11) is 0. The van der Waals surface area contributed by atoms with Crippen LogP contribution in [-0.4, -0.2) is 10.1 Å². The Morgan fingerprint density at radius 2 is 2.00 bits per heavy atom. The third-order valence-electron chi connectivity index (χ3n) is 2.46. The normalized spacial score (nSPS) is 10.7. The van der Waals surface area contributed by atoms with Crippen LogP contribution in [0, 0.1) is 13.8 Å². The van der Waals surface area contributed by atoms with E-state index in [2.05, 4.69) is 4.98 Å². The van der Waals surface area contributed by atoms with Crippen LogP contribution in [0.5, 0.6) is 5.75 Å². The molecule has 72 valence electrons. The summed E-state index contributed by atoms with van der Waals surface area (Å²) in [6.45, 7) is 3.50. The second kappa shape index (κ2) is 2.87. The zero-order valence-corrected chi connectivity index (χ0v) is 8.09. The summed E-state index contributed by atoms with van der Waals surface area (Å²) in [6.07, 6.45) is 0. The summed E-state index contributed by atoms with van der Waals surface area (Å²) in [5.41, 5.74) is 1.79. The molecule has 1 heterocycles. The average molecular weight is 189 g/mol. The molecule has 2 aromatic rings. The lowest BCUT2D eigenvalue weighted by atomic mass is 10.1. The highest BCUT2D eigenvalue weighted by Gasteiger charge is 2.07. The van der Waals surface area contributed by atoms with Gasteiger partial charge in [0.15, 0.2) is 0 Å². The Labute approximate surface area is 81.0 Å². The monoisotopic (exact) mass is 189 g/mol. The minimum Gasteiger partial charge on any atom is -0.507 e. The van der Waals surface area contributed by atoms with E-state index in [4.69, 9.17) is 0 Å². The van der Waals surface area contributed by atoms with Gasteiger partial charge < -0.3 is 10.1 Å². The number of aromatic nitrogens is 1. The smallest absolute Gasteiger partial charge is 0.255 e. The van der Waals surface area contributed by atoms with Crippen LogP contribution in [0.15, 0.2) is 23.0 Å². The number of aromatic amines is 1. The lowest BCUT2D eigenvalue weighted by Gasteiger charge is -2.05. The van der Waals surface area contributed by atoms with Gasteiger partial charge in [-0.05, 0) is 25.5 Å². The molecule has 0 saturated heterocycles. The van der Waals surface area contributed by atoms with Crippen molar-refractivity contribution in [2.75, 3.05) is 0 Å². The van der Waals surface area contributed by atoms with Crippen LogP contribution in [0.25, 0.3) is 10.9 Å². The van der Waals surface area contributed by atoms with E-state index in [9.17, 15) is 9.90 Å². The lowest BCUT2D eigenvalue weighted by molar-refractivity contribution is 0.476. The first-order valence-corrected chi connectivity index (χ1v) is 4.42. The Morgan fingerprint density at radius 1 is 1.29 bits per heavy atom. The van der Waals surface area contributed by atoms with Crippen molar-refractivity contribution in [1.82, 2.24) is 4.98 Å². The molecule has 0 bridgehead atoms. The second-order valence-electron chi connectivity index (χ2n) is 3.43. The van der Waals surface area contributed by atoms with Gasteiger partial charge in [-0.2, -0.15) is 0 Å². The van der Waals surface area contributed by atoms with Crippen LogP contribution in [0.4, 0.5) is 0 Å². The van der Waals surface area contributed by atoms with Gasteiger partial charge in [-0.1, -0.05) is 12.1 Å². The number of benzene rings is 1. The molecule has 0 saturated carbocycles. The van der Waals surface area contributed by atoms with Gasteiger partial charge in [-0.25, -0.2) is 0 Å². The van der Waals surface area contributed by atoms with Gasteiger partial charge in [0.25, 0.3) is 5.56 Å². The van der Waals surface area contributed by atoms with Crippen molar-refractivity contribution >= 4 is 10.9 Å². The first kappa shape index (κ1) is 8.81. The molecule has 0 unspecified atom stereocenters. The molecule has 1 aromatic heterocycles. The number of H-pyrrole nitrogens is 1. The average Bonchev–Trinajstić information content (AvgIpc) is 2.17. The Morgan fingerprint density at radius 3 is 2.71 bits per heavy atom. The topological polar surface area (TPSA) is 53.1 Å². The number of aromatic hydroxyl groups is 1. The van der Waals surface area contributed by atoms with Crippen molar-refractivity contribution in [2.45, 2.75) is 13.8 Å². The zero-order chi connectivity index (χ0) is 10.3. The van der Waals surface area contributed by atoms with E-state index in [1.54, 1.807) is 13.0 Å². The third kappa shape index (κ3) is 1.09. The Balaban J connectivity index is 3.06. The van der Waals surface area contributed by atoms with Crippen LogP contribution in [0.1, 0.15) is 11.1 Å². The summed E-state index contributed by atoms with van der Waals surface area (Å²) in [4.78, 5) is 14.1. The quantitative estimate of drug-likeness (QED) is 0.664. The van der Waals surface area contributed by atoms with E-state index in [0.29, 0.717) is 16.5 Å². The van der Waals surface area contributed by atoms with Gasteiger partial charge in [0.2, 0.25) is 0 Å². The third-order valence-corrected chi connectivity index (χ3v) is 2.46. The van der Waals surface area contributed by atoms with Crippen molar-refractivity contribution in [3.63, 3.8) is 0 Å². The van der Waals surface area contributed by atoms with E-state index in [1.165, 1.54) is 0 Å². The predicted molar refractivity (Wildman–Crippen MR) is 55.7 cm³/mol. The number of para-hydroxylation sites is 1. The molecule has 0 atom stereocenters. The van der Waals surface area contributed by atoms with E-state index < -0.39 is 0 Å². The molecule has 2 rings (SSSR count). The second-order valence-corrected chi connectivity index (χ2v) is 3.43. The molecular formula is C11H11NO2. The highest BCUT2D eigenvalue weighted by molar-refractivity contribution is 5.87. The van der Waals surface area contributed by atoms with E-state index >= 15 is 0 Å².